The summed E-state index contributed by atoms with van der Waals surface area (Å²) < 4.78 is 5.19. The van der Waals surface area contributed by atoms with Gasteiger partial charge in [0.1, 0.15) is 12.3 Å². The van der Waals surface area contributed by atoms with Gasteiger partial charge in [0.2, 0.25) is 0 Å². The van der Waals surface area contributed by atoms with Gasteiger partial charge in [0.05, 0.1) is 36.7 Å². The van der Waals surface area contributed by atoms with Gasteiger partial charge in [0.15, 0.2) is 0 Å². The largest absolute Gasteiger partial charge is 0.478 e. The smallest absolute Gasteiger partial charge is 0.293 e. The van der Waals surface area contributed by atoms with Gasteiger partial charge in [0.25, 0.3) is 12.1 Å². The molecule has 5 heterocycles. The first-order chi connectivity index (χ1) is 9.17. The Hall–Kier alpha value is -1.46. The molecule has 0 aliphatic carbocycles. The molecule has 0 spiro atoms. The summed E-state index contributed by atoms with van der Waals surface area (Å²) in [5.41, 5.74) is 0. The molecule has 0 amide bonds. The fraction of sp³-hybridized carbons (Fsp3) is 0.778. The number of nitrogens with one attached hydrogen (secondary N) is 5. The molecule has 104 valence electrons. The van der Waals surface area contributed by atoms with E-state index in [4.69, 9.17) is 4.74 Å². The van der Waals surface area contributed by atoms with Gasteiger partial charge in [-0.1, -0.05) is 0 Å². The second-order valence-corrected chi connectivity index (χ2v) is 5.00. The molecule has 6 unspecified atom stereocenters. The van der Waals surface area contributed by atoms with E-state index in [0.717, 1.165) is 6.20 Å². The van der Waals surface area contributed by atoms with E-state index < -0.39 is 4.92 Å². The minimum absolute atomic E-state index is 0.00203. The number of hydrogen-bond acceptors (Lipinski definition) is 9. The zero-order chi connectivity index (χ0) is 13.1. The molecule has 5 fully saturated rings. The van der Waals surface area contributed by atoms with E-state index >= 15 is 0 Å². The van der Waals surface area contributed by atoms with E-state index in [-0.39, 0.29) is 42.9 Å². The lowest BCUT2D eigenvalue weighted by atomic mass is 10.2. The summed E-state index contributed by atoms with van der Waals surface area (Å²) in [6, 6.07) is 0. The van der Waals surface area contributed by atoms with Crippen molar-refractivity contribution in [1.82, 2.24) is 31.5 Å². The second kappa shape index (κ2) is 3.77. The van der Waals surface area contributed by atoms with Crippen LogP contribution < -0.4 is 26.6 Å². The maximum atomic E-state index is 10.7. The lowest BCUT2D eigenvalue weighted by molar-refractivity contribution is -0.406. The van der Waals surface area contributed by atoms with Gasteiger partial charge < -0.3 is 9.64 Å². The number of methoxy groups -OCH3 is 1. The first-order valence-electron chi connectivity index (χ1n) is 6.15. The maximum Gasteiger partial charge on any atom is 0.293 e. The van der Waals surface area contributed by atoms with E-state index in [1.807, 2.05) is 4.90 Å². The molecule has 0 aromatic rings. The van der Waals surface area contributed by atoms with Crippen molar-refractivity contribution in [2.45, 2.75) is 37.0 Å². The topological polar surface area (TPSA) is 116 Å². The Morgan fingerprint density at radius 1 is 1.11 bits per heavy atom. The second-order valence-electron chi connectivity index (χ2n) is 5.00. The van der Waals surface area contributed by atoms with E-state index in [0.29, 0.717) is 0 Å². The Balaban J connectivity index is 1.72. The number of nitrogens with zero attached hydrogens (tertiary/aromatic N) is 2. The van der Waals surface area contributed by atoms with Crippen LogP contribution in [0.3, 0.4) is 0 Å². The van der Waals surface area contributed by atoms with Crippen molar-refractivity contribution in [1.29, 1.82) is 0 Å². The van der Waals surface area contributed by atoms with Gasteiger partial charge in [-0.05, 0) is 0 Å². The first-order valence-corrected chi connectivity index (χ1v) is 6.15. The van der Waals surface area contributed by atoms with Crippen LogP contribution in [0.1, 0.15) is 0 Å². The third-order valence-electron chi connectivity index (χ3n) is 4.02. The van der Waals surface area contributed by atoms with Crippen molar-refractivity contribution in [2.75, 3.05) is 7.11 Å². The molecule has 5 aliphatic heterocycles. The highest BCUT2D eigenvalue weighted by Gasteiger charge is 2.58. The molecule has 6 atom stereocenters. The Labute approximate surface area is 108 Å². The number of ether oxygens (including phenoxy) is 1. The normalized spacial score (nSPS) is 46.8. The number of piperazine rings is 1. The SMILES string of the molecule is CO/C(=C\[N+](=O)[O-])N1C2NC3NC4NC3NC2NC41. The van der Waals surface area contributed by atoms with Crippen LogP contribution in [0.25, 0.3) is 0 Å². The molecule has 0 aromatic carbocycles. The zero-order valence-electron chi connectivity index (χ0n) is 10.2. The fourth-order valence-corrected chi connectivity index (χ4v) is 3.33. The number of rotatable bonds is 3. The molecule has 10 heteroatoms. The molecular weight excluding hydrogens is 254 g/mol. The third-order valence-corrected chi connectivity index (χ3v) is 4.02. The Morgan fingerprint density at radius 2 is 1.63 bits per heavy atom. The lowest BCUT2D eigenvalue weighted by Gasteiger charge is -2.40. The van der Waals surface area contributed by atoms with Crippen LogP contribution in [0.2, 0.25) is 0 Å². The summed E-state index contributed by atoms with van der Waals surface area (Å²) in [7, 11) is 1.44. The van der Waals surface area contributed by atoms with Gasteiger partial charge in [-0.2, -0.15) is 0 Å². The van der Waals surface area contributed by atoms with Gasteiger partial charge >= 0.3 is 0 Å². The van der Waals surface area contributed by atoms with Crippen LogP contribution in [0, 0.1) is 10.1 Å². The first kappa shape index (κ1) is 11.4. The summed E-state index contributed by atoms with van der Waals surface area (Å²) in [5, 5.41) is 27.7. The van der Waals surface area contributed by atoms with E-state index in [9.17, 15) is 10.1 Å². The zero-order valence-corrected chi connectivity index (χ0v) is 10.2. The molecule has 5 N–H and O–H groups in total. The van der Waals surface area contributed by atoms with Crippen molar-refractivity contribution >= 4 is 0 Å². The molecule has 0 aromatic heterocycles. The van der Waals surface area contributed by atoms with Crippen LogP contribution >= 0.6 is 0 Å². The van der Waals surface area contributed by atoms with Crippen LogP contribution in [-0.2, 0) is 4.74 Å². The summed E-state index contributed by atoms with van der Waals surface area (Å²) in [4.78, 5) is 12.1. The van der Waals surface area contributed by atoms with Crippen molar-refractivity contribution in [3.05, 3.63) is 22.2 Å². The van der Waals surface area contributed by atoms with Crippen molar-refractivity contribution in [3.8, 4) is 0 Å². The highest BCUT2D eigenvalue weighted by atomic mass is 16.6. The Morgan fingerprint density at radius 3 is 2.21 bits per heavy atom. The quantitative estimate of drug-likeness (QED) is 0.207. The monoisotopic (exact) mass is 269 g/mol. The standard InChI is InChI=1S/C9H15N7O3/c1-19-3(2-15(17)18)16-8-6-10-4-5(12-6)13-9(16)7(11-4)14-8/h2,4-14H,1H3/b3-2-. The molecule has 6 bridgehead atoms. The molecule has 0 saturated carbocycles. The van der Waals surface area contributed by atoms with Crippen molar-refractivity contribution in [2.24, 2.45) is 0 Å². The molecule has 5 aliphatic rings. The summed E-state index contributed by atoms with van der Waals surface area (Å²) in [6.45, 7) is 0. The van der Waals surface area contributed by atoms with Gasteiger partial charge in [0, 0.05) is 0 Å². The van der Waals surface area contributed by atoms with Crippen LogP contribution in [-0.4, -0.2) is 53.9 Å². The highest BCUT2D eigenvalue weighted by molar-refractivity contribution is 5.16. The molecule has 10 nitrogen and oxygen atoms in total. The molecular formula is C9H15N7O3. The van der Waals surface area contributed by atoms with E-state index in [1.54, 1.807) is 0 Å². The molecule has 5 rings (SSSR count). The molecule has 19 heavy (non-hydrogen) atoms. The average molecular weight is 269 g/mol. The summed E-state index contributed by atoms with van der Waals surface area (Å²) in [5.74, 6) is 0.235. The predicted molar refractivity (Wildman–Crippen MR) is 62.3 cm³/mol. The molecule has 0 radical (unpaired) electrons. The van der Waals surface area contributed by atoms with Crippen LogP contribution in [0.5, 0.6) is 0 Å². The van der Waals surface area contributed by atoms with Gasteiger partial charge in [-0.3, -0.25) is 36.7 Å². The van der Waals surface area contributed by atoms with E-state index in [1.165, 1.54) is 7.11 Å². The van der Waals surface area contributed by atoms with Crippen LogP contribution in [0.4, 0.5) is 0 Å². The summed E-state index contributed by atoms with van der Waals surface area (Å²) >= 11 is 0. The Kier molecular flexibility index (Phi) is 2.26. The average Bonchev–Trinajstić information content (AvgIpc) is 2.82. The lowest BCUT2D eigenvalue weighted by Crippen LogP contribution is -2.71. The van der Waals surface area contributed by atoms with E-state index in [2.05, 4.69) is 26.6 Å². The predicted octanol–water partition coefficient (Wildman–Crippen LogP) is -3.03. The minimum atomic E-state index is -0.501. The number of hydrogen-bond donors (Lipinski definition) is 5. The van der Waals surface area contributed by atoms with Crippen molar-refractivity contribution < 1.29 is 9.66 Å². The third kappa shape index (κ3) is 1.48. The van der Waals surface area contributed by atoms with Gasteiger partial charge in [-0.25, -0.2) is 0 Å². The van der Waals surface area contributed by atoms with Gasteiger partial charge in [-0.15, -0.1) is 0 Å². The summed E-state index contributed by atoms with van der Waals surface area (Å²) in [6.07, 6.45) is 0.986. The number of nitro groups is 1. The Bertz CT molecular complexity index is 455. The maximum absolute atomic E-state index is 10.7. The van der Waals surface area contributed by atoms with Crippen molar-refractivity contribution in [3.63, 3.8) is 0 Å². The minimum Gasteiger partial charge on any atom is -0.478 e. The highest BCUT2D eigenvalue weighted by Crippen LogP contribution is 2.30. The van der Waals surface area contributed by atoms with Crippen LogP contribution in [0.15, 0.2) is 12.1 Å². The fourth-order valence-electron chi connectivity index (χ4n) is 3.33. The molecule has 5 saturated heterocycles.